The fourth-order valence-electron chi connectivity index (χ4n) is 1.95. The summed E-state index contributed by atoms with van der Waals surface area (Å²) < 4.78 is 5.00. The Kier molecular flexibility index (Phi) is 7.56. The highest BCUT2D eigenvalue weighted by Gasteiger charge is 2.14. The Labute approximate surface area is 119 Å². The van der Waals surface area contributed by atoms with Crippen molar-refractivity contribution in [2.24, 2.45) is 0 Å². The SMILES string of the molecule is CCCCCCCCCc1noc(NC(C)=O)c1Cl. The van der Waals surface area contributed by atoms with E-state index in [-0.39, 0.29) is 11.8 Å². The van der Waals surface area contributed by atoms with E-state index in [1.807, 2.05) is 0 Å². The Morgan fingerprint density at radius 2 is 1.84 bits per heavy atom. The summed E-state index contributed by atoms with van der Waals surface area (Å²) in [6, 6.07) is 0. The molecule has 1 aromatic rings. The predicted molar refractivity (Wildman–Crippen MR) is 77.5 cm³/mol. The molecule has 1 rings (SSSR count). The Morgan fingerprint density at radius 1 is 1.21 bits per heavy atom. The molecule has 4 nitrogen and oxygen atoms in total. The molecule has 5 heteroatoms. The smallest absolute Gasteiger partial charge is 0.250 e. The largest absolute Gasteiger partial charge is 0.336 e. The van der Waals surface area contributed by atoms with Gasteiger partial charge in [-0.2, -0.15) is 0 Å². The van der Waals surface area contributed by atoms with E-state index < -0.39 is 0 Å². The number of nitrogens with zero attached hydrogens (tertiary/aromatic N) is 1. The van der Waals surface area contributed by atoms with Crippen LogP contribution in [0.15, 0.2) is 4.52 Å². The number of nitrogens with one attached hydrogen (secondary N) is 1. The van der Waals surface area contributed by atoms with E-state index in [9.17, 15) is 4.79 Å². The number of carbonyl (C=O) groups is 1. The van der Waals surface area contributed by atoms with Crippen LogP contribution in [0.1, 0.15) is 64.5 Å². The van der Waals surface area contributed by atoms with Gasteiger partial charge in [0.05, 0.1) is 0 Å². The number of aryl methyl sites for hydroxylation is 1. The van der Waals surface area contributed by atoms with Crippen molar-refractivity contribution in [2.45, 2.75) is 65.2 Å². The summed E-state index contributed by atoms with van der Waals surface area (Å²) in [5.74, 6) is 0.0487. The lowest BCUT2D eigenvalue weighted by Gasteiger charge is -2.00. The van der Waals surface area contributed by atoms with E-state index in [0.29, 0.717) is 5.02 Å². The quantitative estimate of drug-likeness (QED) is 0.676. The average molecular weight is 287 g/mol. The molecular weight excluding hydrogens is 264 g/mol. The zero-order valence-electron chi connectivity index (χ0n) is 11.8. The van der Waals surface area contributed by atoms with E-state index in [0.717, 1.165) is 18.5 Å². The first-order chi connectivity index (χ1) is 9.15. The Morgan fingerprint density at radius 3 is 2.47 bits per heavy atom. The van der Waals surface area contributed by atoms with Gasteiger partial charge in [-0.05, 0) is 12.8 Å². The number of carbonyl (C=O) groups excluding carboxylic acids is 1. The maximum Gasteiger partial charge on any atom is 0.250 e. The summed E-state index contributed by atoms with van der Waals surface area (Å²) in [6.07, 6.45) is 9.53. The van der Waals surface area contributed by atoms with Crippen LogP contribution in [0.5, 0.6) is 0 Å². The van der Waals surface area contributed by atoms with Gasteiger partial charge >= 0.3 is 0 Å². The number of aromatic nitrogens is 1. The zero-order valence-corrected chi connectivity index (χ0v) is 12.6. The molecule has 1 amide bonds. The predicted octanol–water partition coefficient (Wildman–Crippen LogP) is 4.58. The molecule has 0 unspecified atom stereocenters. The second-order valence-corrected chi connectivity index (χ2v) is 5.20. The summed E-state index contributed by atoms with van der Waals surface area (Å²) in [7, 11) is 0. The molecule has 1 heterocycles. The molecule has 19 heavy (non-hydrogen) atoms. The molecule has 0 aliphatic heterocycles. The number of amides is 1. The summed E-state index contributed by atoms with van der Waals surface area (Å²) in [6.45, 7) is 3.63. The van der Waals surface area contributed by atoms with Gasteiger partial charge in [0.1, 0.15) is 10.7 Å². The Balaban J connectivity index is 2.22. The first-order valence-electron chi connectivity index (χ1n) is 7.06. The maximum atomic E-state index is 10.9. The Hall–Kier alpha value is -1.03. The van der Waals surface area contributed by atoms with Crippen LogP contribution in [0.4, 0.5) is 5.88 Å². The third-order valence-electron chi connectivity index (χ3n) is 3.01. The van der Waals surface area contributed by atoms with Crippen LogP contribution >= 0.6 is 11.6 Å². The molecule has 0 atom stereocenters. The fourth-order valence-corrected chi connectivity index (χ4v) is 2.17. The molecule has 0 spiro atoms. The normalized spacial score (nSPS) is 10.7. The average Bonchev–Trinajstić information content (AvgIpc) is 2.70. The third-order valence-corrected chi connectivity index (χ3v) is 3.40. The third kappa shape index (κ3) is 6.10. The molecule has 0 bridgehead atoms. The fraction of sp³-hybridized carbons (Fsp3) is 0.714. The van der Waals surface area contributed by atoms with Crippen molar-refractivity contribution in [3.05, 3.63) is 10.7 Å². The molecule has 0 fully saturated rings. The van der Waals surface area contributed by atoms with E-state index >= 15 is 0 Å². The van der Waals surface area contributed by atoms with Gasteiger partial charge in [0.2, 0.25) is 11.8 Å². The van der Waals surface area contributed by atoms with Crippen molar-refractivity contribution in [2.75, 3.05) is 5.32 Å². The van der Waals surface area contributed by atoms with Gasteiger partial charge in [-0.25, -0.2) is 0 Å². The molecule has 0 saturated carbocycles. The highest BCUT2D eigenvalue weighted by atomic mass is 35.5. The summed E-state index contributed by atoms with van der Waals surface area (Å²) in [5.41, 5.74) is 0.735. The zero-order chi connectivity index (χ0) is 14.1. The van der Waals surface area contributed by atoms with Crippen LogP contribution in [0.3, 0.4) is 0 Å². The second-order valence-electron chi connectivity index (χ2n) is 4.82. The van der Waals surface area contributed by atoms with Gasteiger partial charge in [0, 0.05) is 6.92 Å². The van der Waals surface area contributed by atoms with Crippen molar-refractivity contribution in [3.63, 3.8) is 0 Å². The van der Waals surface area contributed by atoms with E-state index in [1.165, 1.54) is 45.4 Å². The van der Waals surface area contributed by atoms with E-state index in [1.54, 1.807) is 0 Å². The highest BCUT2D eigenvalue weighted by molar-refractivity contribution is 6.33. The monoisotopic (exact) mass is 286 g/mol. The number of hydrogen-bond donors (Lipinski definition) is 1. The van der Waals surface area contributed by atoms with Gasteiger partial charge in [-0.3, -0.25) is 10.1 Å². The summed E-state index contributed by atoms with van der Waals surface area (Å²) in [5, 5.41) is 6.84. The molecule has 0 aliphatic rings. The number of halogens is 1. The van der Waals surface area contributed by atoms with Gasteiger partial charge in [-0.1, -0.05) is 62.2 Å². The number of unbranched alkanes of at least 4 members (excludes halogenated alkanes) is 6. The molecule has 1 N–H and O–H groups in total. The number of rotatable bonds is 9. The van der Waals surface area contributed by atoms with Crippen LogP contribution in [0, 0.1) is 0 Å². The first-order valence-corrected chi connectivity index (χ1v) is 7.44. The summed E-state index contributed by atoms with van der Waals surface area (Å²) >= 11 is 6.08. The van der Waals surface area contributed by atoms with Crippen LogP contribution in [0.25, 0.3) is 0 Å². The van der Waals surface area contributed by atoms with Crippen molar-refractivity contribution < 1.29 is 9.32 Å². The Bertz CT molecular complexity index is 391. The lowest BCUT2D eigenvalue weighted by molar-refractivity contribution is -0.114. The van der Waals surface area contributed by atoms with Crippen LogP contribution < -0.4 is 5.32 Å². The van der Waals surface area contributed by atoms with Crippen LogP contribution in [0.2, 0.25) is 5.02 Å². The minimum Gasteiger partial charge on any atom is -0.336 e. The molecule has 1 aromatic heterocycles. The molecular formula is C14H23ClN2O2. The highest BCUT2D eigenvalue weighted by Crippen LogP contribution is 2.27. The van der Waals surface area contributed by atoms with Crippen LogP contribution in [-0.2, 0) is 11.2 Å². The molecule has 0 radical (unpaired) electrons. The van der Waals surface area contributed by atoms with Gasteiger partial charge in [0.25, 0.3) is 0 Å². The summed E-state index contributed by atoms with van der Waals surface area (Å²) in [4.78, 5) is 10.9. The van der Waals surface area contributed by atoms with Gasteiger partial charge in [-0.15, -0.1) is 0 Å². The molecule has 0 saturated heterocycles. The topological polar surface area (TPSA) is 55.1 Å². The number of anilines is 1. The lowest BCUT2D eigenvalue weighted by atomic mass is 10.1. The standard InChI is InChI=1S/C14H23ClN2O2/c1-3-4-5-6-7-8-9-10-12-13(15)14(19-17-12)16-11(2)18/h3-10H2,1-2H3,(H,16,18). The van der Waals surface area contributed by atoms with E-state index in [2.05, 4.69) is 17.4 Å². The van der Waals surface area contributed by atoms with Crippen molar-refractivity contribution >= 4 is 23.4 Å². The van der Waals surface area contributed by atoms with Crippen molar-refractivity contribution in [1.82, 2.24) is 5.16 Å². The second kappa shape index (κ2) is 8.97. The lowest BCUT2D eigenvalue weighted by Crippen LogP contribution is -2.05. The first kappa shape index (κ1) is 16.0. The molecule has 108 valence electrons. The van der Waals surface area contributed by atoms with Crippen molar-refractivity contribution in [1.29, 1.82) is 0 Å². The molecule has 0 aliphatic carbocycles. The van der Waals surface area contributed by atoms with Gasteiger partial charge in [0.15, 0.2) is 0 Å². The minimum absolute atomic E-state index is 0.208. The molecule has 0 aromatic carbocycles. The minimum atomic E-state index is -0.208. The number of hydrogen-bond acceptors (Lipinski definition) is 3. The van der Waals surface area contributed by atoms with Gasteiger partial charge < -0.3 is 4.52 Å². The van der Waals surface area contributed by atoms with E-state index in [4.69, 9.17) is 16.1 Å². The van der Waals surface area contributed by atoms with Crippen LogP contribution in [-0.4, -0.2) is 11.1 Å². The maximum absolute atomic E-state index is 10.9. The van der Waals surface area contributed by atoms with Crippen molar-refractivity contribution in [3.8, 4) is 0 Å².